The maximum Gasteiger partial charge on any atom is 0.258 e. The fourth-order valence-corrected chi connectivity index (χ4v) is 3.56. The van der Waals surface area contributed by atoms with Gasteiger partial charge in [0.05, 0.1) is 30.6 Å². The van der Waals surface area contributed by atoms with Gasteiger partial charge in [-0.2, -0.15) is 0 Å². The fraction of sp³-hybridized carbons (Fsp3) is 0.364. The van der Waals surface area contributed by atoms with Gasteiger partial charge in [0, 0.05) is 24.0 Å². The molecule has 3 rings (SSSR count). The first-order valence-corrected chi connectivity index (χ1v) is 9.33. The van der Waals surface area contributed by atoms with Crippen LogP contribution in [0.25, 0.3) is 0 Å². The van der Waals surface area contributed by atoms with Crippen molar-refractivity contribution in [2.45, 2.75) is 40.2 Å². The number of nitrogens with zero attached hydrogens (tertiary/aromatic N) is 2. The summed E-state index contributed by atoms with van der Waals surface area (Å²) in [5, 5.41) is 3.57. The highest BCUT2D eigenvalue weighted by Gasteiger charge is 2.32. The van der Waals surface area contributed by atoms with Gasteiger partial charge in [-0.05, 0) is 50.8 Å². The topological polar surface area (TPSA) is 54.5 Å². The van der Waals surface area contributed by atoms with Crippen LogP contribution < -0.4 is 10.1 Å². The number of nitrogens with one attached hydrogen (secondary N) is 1. The molecule has 0 fully saturated rings. The minimum atomic E-state index is 0.0427. The number of ether oxygens (including phenoxy) is 1. The van der Waals surface area contributed by atoms with Gasteiger partial charge in [-0.25, -0.2) is 0 Å². The predicted octanol–water partition coefficient (Wildman–Crippen LogP) is 4.54. The Morgan fingerprint density at radius 1 is 1.33 bits per heavy atom. The lowest BCUT2D eigenvalue weighted by atomic mass is 10.0. The molecule has 1 aliphatic heterocycles. The molecule has 1 N–H and O–H groups in total. The van der Waals surface area contributed by atoms with E-state index >= 15 is 0 Å². The molecule has 2 aromatic rings. The number of aryl methyl sites for hydroxylation is 2. The second-order valence-corrected chi connectivity index (χ2v) is 6.84. The first kappa shape index (κ1) is 19.0. The number of pyridine rings is 1. The maximum atomic E-state index is 13.0. The minimum Gasteiger partial charge on any atom is -0.496 e. The third-order valence-corrected chi connectivity index (χ3v) is 5.17. The van der Waals surface area contributed by atoms with Gasteiger partial charge in [0.25, 0.3) is 5.91 Å². The monoisotopic (exact) mass is 365 g/mol. The van der Waals surface area contributed by atoms with Gasteiger partial charge in [-0.15, -0.1) is 6.58 Å². The molecular weight excluding hydrogens is 338 g/mol. The maximum absolute atomic E-state index is 13.0. The number of carbonyl (C=O) groups excluding carboxylic acids is 1. The summed E-state index contributed by atoms with van der Waals surface area (Å²) in [5.41, 5.74) is 6.53. The summed E-state index contributed by atoms with van der Waals surface area (Å²) in [7, 11) is 1.67. The first-order chi connectivity index (χ1) is 13.0. The minimum absolute atomic E-state index is 0.0427. The molecule has 2 heterocycles. The zero-order valence-corrected chi connectivity index (χ0v) is 16.6. The van der Waals surface area contributed by atoms with Crippen LogP contribution in [0, 0.1) is 13.8 Å². The highest BCUT2D eigenvalue weighted by atomic mass is 16.5. The van der Waals surface area contributed by atoms with Crippen molar-refractivity contribution in [3.8, 4) is 5.75 Å². The smallest absolute Gasteiger partial charge is 0.258 e. The molecule has 1 aromatic carbocycles. The van der Waals surface area contributed by atoms with Crippen LogP contribution in [0.3, 0.4) is 0 Å². The van der Waals surface area contributed by atoms with Crippen LogP contribution in [0.2, 0.25) is 0 Å². The molecule has 1 amide bonds. The summed E-state index contributed by atoms with van der Waals surface area (Å²) in [6.07, 6.45) is 5.39. The van der Waals surface area contributed by atoms with Crippen molar-refractivity contribution in [3.63, 3.8) is 0 Å². The number of benzene rings is 1. The van der Waals surface area contributed by atoms with E-state index in [0.29, 0.717) is 18.7 Å². The van der Waals surface area contributed by atoms with E-state index in [1.807, 2.05) is 43.2 Å². The Bertz CT molecular complexity index is 890. The third kappa shape index (κ3) is 3.42. The number of hydrogen-bond donors (Lipinski definition) is 1. The molecule has 0 radical (unpaired) electrons. The molecule has 1 aliphatic rings. The molecule has 0 aliphatic carbocycles. The molecule has 0 atom stereocenters. The van der Waals surface area contributed by atoms with E-state index < -0.39 is 0 Å². The van der Waals surface area contributed by atoms with E-state index in [1.54, 1.807) is 7.11 Å². The van der Waals surface area contributed by atoms with Gasteiger partial charge in [0.2, 0.25) is 0 Å². The van der Waals surface area contributed by atoms with Crippen molar-refractivity contribution in [2.75, 3.05) is 19.0 Å². The largest absolute Gasteiger partial charge is 0.496 e. The quantitative estimate of drug-likeness (QED) is 0.732. The van der Waals surface area contributed by atoms with Crippen molar-refractivity contribution in [3.05, 3.63) is 58.9 Å². The molecule has 0 saturated carbocycles. The Morgan fingerprint density at radius 3 is 2.78 bits per heavy atom. The van der Waals surface area contributed by atoms with Gasteiger partial charge in [-0.1, -0.05) is 12.1 Å². The SMILES string of the molecule is C=CCCc1cnc2c(c1Nc1c(C)ccc(OC)c1C)C(=O)N(CC)C2. The molecule has 27 heavy (non-hydrogen) atoms. The summed E-state index contributed by atoms with van der Waals surface area (Å²) in [6, 6.07) is 3.99. The lowest BCUT2D eigenvalue weighted by molar-refractivity contribution is 0.0787. The fourth-order valence-electron chi connectivity index (χ4n) is 3.56. The van der Waals surface area contributed by atoms with Crippen LogP contribution in [0.5, 0.6) is 5.75 Å². The second-order valence-electron chi connectivity index (χ2n) is 6.84. The second kappa shape index (κ2) is 7.82. The number of hydrogen-bond acceptors (Lipinski definition) is 4. The standard InChI is InChI=1S/C22H27N3O2/c1-6-8-9-16-12-23-17-13-25(7-2)22(26)19(17)21(16)24-20-14(3)10-11-18(27-5)15(20)4/h6,10-12H,1,7-9,13H2,2-5H3,(H,23,24). The van der Waals surface area contributed by atoms with Crippen molar-refractivity contribution in [1.82, 2.24) is 9.88 Å². The summed E-state index contributed by atoms with van der Waals surface area (Å²) in [6.45, 7) is 11.1. The van der Waals surface area contributed by atoms with Crippen LogP contribution >= 0.6 is 0 Å². The van der Waals surface area contributed by atoms with Crippen LogP contribution in [-0.4, -0.2) is 29.4 Å². The van der Waals surface area contributed by atoms with Gasteiger partial charge in [-0.3, -0.25) is 9.78 Å². The zero-order chi connectivity index (χ0) is 19.6. The van der Waals surface area contributed by atoms with E-state index in [4.69, 9.17) is 4.74 Å². The number of methoxy groups -OCH3 is 1. The molecule has 5 heteroatoms. The van der Waals surface area contributed by atoms with E-state index in [-0.39, 0.29) is 5.91 Å². The zero-order valence-electron chi connectivity index (χ0n) is 16.6. The van der Waals surface area contributed by atoms with Crippen molar-refractivity contribution >= 4 is 17.3 Å². The molecule has 0 bridgehead atoms. The summed E-state index contributed by atoms with van der Waals surface area (Å²) >= 11 is 0. The number of aromatic nitrogens is 1. The van der Waals surface area contributed by atoms with Gasteiger partial charge in [0.15, 0.2) is 0 Å². The number of anilines is 2. The summed E-state index contributed by atoms with van der Waals surface area (Å²) in [4.78, 5) is 19.4. The van der Waals surface area contributed by atoms with Crippen molar-refractivity contribution in [1.29, 1.82) is 0 Å². The molecule has 5 nitrogen and oxygen atoms in total. The number of rotatable bonds is 7. The summed E-state index contributed by atoms with van der Waals surface area (Å²) in [5.74, 6) is 0.865. The first-order valence-electron chi connectivity index (χ1n) is 9.33. The van der Waals surface area contributed by atoms with Crippen LogP contribution in [0.15, 0.2) is 31.0 Å². The van der Waals surface area contributed by atoms with Crippen LogP contribution in [-0.2, 0) is 13.0 Å². The molecular formula is C22H27N3O2. The lowest BCUT2D eigenvalue weighted by Crippen LogP contribution is -2.23. The Kier molecular flexibility index (Phi) is 5.49. The van der Waals surface area contributed by atoms with E-state index in [0.717, 1.165) is 52.4 Å². The van der Waals surface area contributed by atoms with E-state index in [2.05, 4.69) is 23.8 Å². The highest BCUT2D eigenvalue weighted by Crippen LogP contribution is 2.37. The molecule has 0 saturated heterocycles. The lowest BCUT2D eigenvalue weighted by Gasteiger charge is -2.20. The Hall–Kier alpha value is -2.82. The normalized spacial score (nSPS) is 12.9. The number of carbonyl (C=O) groups is 1. The third-order valence-electron chi connectivity index (χ3n) is 5.17. The van der Waals surface area contributed by atoms with E-state index in [1.165, 1.54) is 0 Å². The molecule has 1 aromatic heterocycles. The van der Waals surface area contributed by atoms with Crippen molar-refractivity contribution in [2.24, 2.45) is 0 Å². The van der Waals surface area contributed by atoms with Gasteiger partial charge < -0.3 is 15.0 Å². The van der Waals surface area contributed by atoms with Crippen LogP contribution in [0.4, 0.5) is 11.4 Å². The average molecular weight is 365 g/mol. The number of fused-ring (bicyclic) bond motifs is 1. The molecule has 0 unspecified atom stereocenters. The highest BCUT2D eigenvalue weighted by molar-refractivity contribution is 6.04. The molecule has 0 spiro atoms. The molecule has 142 valence electrons. The van der Waals surface area contributed by atoms with Crippen molar-refractivity contribution < 1.29 is 9.53 Å². The number of allylic oxidation sites excluding steroid dienone is 1. The van der Waals surface area contributed by atoms with Gasteiger partial charge in [0.1, 0.15) is 5.75 Å². The Balaban J connectivity index is 2.13. The summed E-state index contributed by atoms with van der Waals surface area (Å²) < 4.78 is 5.48. The Morgan fingerprint density at radius 2 is 2.11 bits per heavy atom. The predicted molar refractivity (Wildman–Crippen MR) is 109 cm³/mol. The van der Waals surface area contributed by atoms with E-state index in [9.17, 15) is 4.79 Å². The Labute approximate surface area is 161 Å². The number of amides is 1. The van der Waals surface area contributed by atoms with Crippen LogP contribution in [0.1, 0.15) is 46.1 Å². The van der Waals surface area contributed by atoms with Gasteiger partial charge >= 0.3 is 0 Å². The average Bonchev–Trinajstić information content (AvgIpc) is 3.00.